The van der Waals surface area contributed by atoms with Gasteiger partial charge in [0.2, 0.25) is 11.8 Å². The van der Waals surface area contributed by atoms with E-state index in [0.29, 0.717) is 5.69 Å². The summed E-state index contributed by atoms with van der Waals surface area (Å²) in [7, 11) is 0. The highest BCUT2D eigenvalue weighted by molar-refractivity contribution is 8.00. The zero-order valence-corrected chi connectivity index (χ0v) is 13.9. The van der Waals surface area contributed by atoms with Gasteiger partial charge in [-0.2, -0.15) is 0 Å². The second-order valence-electron chi connectivity index (χ2n) is 5.69. The Morgan fingerprint density at radius 1 is 1.04 bits per heavy atom. The standard InChI is InChI=1S/C18H18N2O2S/c1-11-4-3-5-12(2)17(11)20-16(21)10-15(18(20)22)23-14-8-6-13(19)7-9-14/h3-9,15H,10,19H2,1-2H3. The third-order valence-corrected chi connectivity index (χ3v) is 5.12. The van der Waals surface area contributed by atoms with Crippen molar-refractivity contribution in [1.29, 1.82) is 0 Å². The second-order valence-corrected chi connectivity index (χ2v) is 6.96. The van der Waals surface area contributed by atoms with E-state index in [1.54, 1.807) is 12.1 Å². The Hall–Kier alpha value is -2.27. The normalized spacial score (nSPS) is 17.8. The molecule has 0 spiro atoms. The molecule has 0 aromatic heterocycles. The van der Waals surface area contributed by atoms with E-state index in [2.05, 4.69) is 0 Å². The minimum absolute atomic E-state index is 0.139. The van der Waals surface area contributed by atoms with E-state index in [-0.39, 0.29) is 23.5 Å². The lowest BCUT2D eigenvalue weighted by molar-refractivity contribution is -0.121. The average molecular weight is 326 g/mol. The van der Waals surface area contributed by atoms with Crippen molar-refractivity contribution in [2.24, 2.45) is 0 Å². The molecule has 0 saturated carbocycles. The maximum Gasteiger partial charge on any atom is 0.247 e. The molecule has 118 valence electrons. The summed E-state index contributed by atoms with van der Waals surface area (Å²) in [5.74, 6) is -0.283. The largest absolute Gasteiger partial charge is 0.399 e. The van der Waals surface area contributed by atoms with Crippen molar-refractivity contribution in [1.82, 2.24) is 0 Å². The van der Waals surface area contributed by atoms with Gasteiger partial charge in [0.1, 0.15) is 0 Å². The first-order chi connectivity index (χ1) is 11.0. The van der Waals surface area contributed by atoms with Gasteiger partial charge >= 0.3 is 0 Å². The molecule has 1 saturated heterocycles. The minimum Gasteiger partial charge on any atom is -0.399 e. The number of aryl methyl sites for hydroxylation is 2. The Balaban J connectivity index is 1.87. The van der Waals surface area contributed by atoms with Gasteiger partial charge in [-0.05, 0) is 49.2 Å². The molecule has 1 atom stereocenters. The van der Waals surface area contributed by atoms with Crippen LogP contribution in [0, 0.1) is 13.8 Å². The molecular weight excluding hydrogens is 308 g/mol. The minimum atomic E-state index is -0.384. The summed E-state index contributed by atoms with van der Waals surface area (Å²) in [6, 6.07) is 13.1. The number of imide groups is 1. The predicted molar refractivity (Wildman–Crippen MR) is 93.5 cm³/mol. The van der Waals surface area contributed by atoms with Gasteiger partial charge in [0.05, 0.1) is 10.9 Å². The van der Waals surface area contributed by atoms with Crippen molar-refractivity contribution >= 4 is 35.0 Å². The third-order valence-electron chi connectivity index (χ3n) is 3.93. The van der Waals surface area contributed by atoms with Crippen LogP contribution in [-0.4, -0.2) is 17.1 Å². The molecule has 1 aliphatic heterocycles. The Morgan fingerprint density at radius 3 is 2.26 bits per heavy atom. The van der Waals surface area contributed by atoms with E-state index in [0.717, 1.165) is 21.7 Å². The van der Waals surface area contributed by atoms with Crippen LogP contribution in [0.25, 0.3) is 0 Å². The first-order valence-corrected chi connectivity index (χ1v) is 8.30. The lowest BCUT2D eigenvalue weighted by atomic mass is 10.1. The van der Waals surface area contributed by atoms with Crippen LogP contribution in [0.15, 0.2) is 47.4 Å². The lowest BCUT2D eigenvalue weighted by Gasteiger charge is -2.19. The summed E-state index contributed by atoms with van der Waals surface area (Å²) in [5.41, 5.74) is 8.95. The van der Waals surface area contributed by atoms with Crippen LogP contribution < -0.4 is 10.6 Å². The van der Waals surface area contributed by atoms with Crippen LogP contribution >= 0.6 is 11.8 Å². The lowest BCUT2D eigenvalue weighted by Crippen LogP contribution is -2.32. The van der Waals surface area contributed by atoms with Crippen LogP contribution in [-0.2, 0) is 9.59 Å². The average Bonchev–Trinajstić information content (AvgIpc) is 2.77. The van der Waals surface area contributed by atoms with Crippen LogP contribution in [0.4, 0.5) is 11.4 Å². The highest BCUT2D eigenvalue weighted by Gasteiger charge is 2.41. The van der Waals surface area contributed by atoms with Crippen molar-refractivity contribution in [3.8, 4) is 0 Å². The first-order valence-electron chi connectivity index (χ1n) is 7.42. The van der Waals surface area contributed by atoms with Crippen molar-refractivity contribution < 1.29 is 9.59 Å². The number of nitrogens with two attached hydrogens (primary N) is 1. The zero-order chi connectivity index (χ0) is 16.6. The number of para-hydroxylation sites is 1. The number of hydrogen-bond donors (Lipinski definition) is 1. The van der Waals surface area contributed by atoms with Crippen molar-refractivity contribution in [3.63, 3.8) is 0 Å². The molecule has 2 amide bonds. The number of nitrogen functional groups attached to an aromatic ring is 1. The van der Waals surface area contributed by atoms with Crippen LogP contribution in [0.2, 0.25) is 0 Å². The SMILES string of the molecule is Cc1cccc(C)c1N1C(=O)CC(Sc2ccc(N)cc2)C1=O. The Labute approximate surface area is 139 Å². The van der Waals surface area contributed by atoms with Gasteiger partial charge in [-0.3, -0.25) is 9.59 Å². The molecule has 2 N–H and O–H groups in total. The number of amides is 2. The third kappa shape index (κ3) is 2.97. The summed E-state index contributed by atoms with van der Waals surface area (Å²) in [4.78, 5) is 27.5. The number of nitrogens with zero attached hydrogens (tertiary/aromatic N) is 1. The molecule has 1 unspecified atom stereocenters. The van der Waals surface area contributed by atoms with Gasteiger partial charge in [0, 0.05) is 17.0 Å². The van der Waals surface area contributed by atoms with Crippen molar-refractivity contribution in [2.45, 2.75) is 30.4 Å². The molecule has 1 heterocycles. The quantitative estimate of drug-likeness (QED) is 0.694. The van der Waals surface area contributed by atoms with Crippen LogP contribution in [0.3, 0.4) is 0 Å². The number of benzene rings is 2. The second kappa shape index (κ2) is 6.08. The van der Waals surface area contributed by atoms with E-state index in [4.69, 9.17) is 5.73 Å². The monoisotopic (exact) mass is 326 g/mol. The predicted octanol–water partition coefficient (Wildman–Crippen LogP) is 3.31. The molecule has 1 aliphatic rings. The summed E-state index contributed by atoms with van der Waals surface area (Å²) < 4.78 is 0. The molecular formula is C18H18N2O2S. The first kappa shape index (κ1) is 15.6. The van der Waals surface area contributed by atoms with Gasteiger partial charge in [-0.1, -0.05) is 18.2 Å². The number of carbonyl (C=O) groups excluding carboxylic acids is 2. The van der Waals surface area contributed by atoms with Gasteiger partial charge in [0.25, 0.3) is 0 Å². The fourth-order valence-corrected chi connectivity index (χ4v) is 3.85. The molecule has 4 nitrogen and oxygen atoms in total. The number of carbonyl (C=O) groups is 2. The summed E-state index contributed by atoms with van der Waals surface area (Å²) in [6.45, 7) is 3.84. The van der Waals surface area contributed by atoms with Crippen LogP contribution in [0.1, 0.15) is 17.5 Å². The van der Waals surface area contributed by atoms with Crippen LogP contribution in [0.5, 0.6) is 0 Å². The summed E-state index contributed by atoms with van der Waals surface area (Å²) in [6.07, 6.45) is 0.224. The summed E-state index contributed by atoms with van der Waals surface area (Å²) >= 11 is 1.41. The Bertz CT molecular complexity index is 751. The van der Waals surface area contributed by atoms with E-state index in [1.807, 2.05) is 44.2 Å². The molecule has 2 aromatic carbocycles. The zero-order valence-electron chi connectivity index (χ0n) is 13.1. The topological polar surface area (TPSA) is 63.4 Å². The van der Waals surface area contributed by atoms with E-state index >= 15 is 0 Å². The highest BCUT2D eigenvalue weighted by atomic mass is 32.2. The molecule has 0 radical (unpaired) electrons. The van der Waals surface area contributed by atoms with Gasteiger partial charge < -0.3 is 5.73 Å². The molecule has 3 rings (SSSR count). The molecule has 2 aromatic rings. The molecule has 5 heteroatoms. The summed E-state index contributed by atoms with van der Waals surface area (Å²) in [5, 5.41) is -0.384. The highest BCUT2D eigenvalue weighted by Crippen LogP contribution is 2.36. The fraction of sp³-hybridized carbons (Fsp3) is 0.222. The molecule has 1 fully saturated rings. The fourth-order valence-electron chi connectivity index (χ4n) is 2.80. The van der Waals surface area contributed by atoms with E-state index in [9.17, 15) is 9.59 Å². The Morgan fingerprint density at radius 2 is 1.65 bits per heavy atom. The maximum absolute atomic E-state index is 12.8. The van der Waals surface area contributed by atoms with Crippen molar-refractivity contribution in [2.75, 3.05) is 10.6 Å². The number of hydrogen-bond acceptors (Lipinski definition) is 4. The smallest absolute Gasteiger partial charge is 0.247 e. The number of anilines is 2. The van der Waals surface area contributed by atoms with E-state index < -0.39 is 0 Å². The van der Waals surface area contributed by atoms with E-state index in [1.165, 1.54) is 16.7 Å². The number of rotatable bonds is 3. The van der Waals surface area contributed by atoms with Crippen molar-refractivity contribution in [3.05, 3.63) is 53.6 Å². The molecule has 23 heavy (non-hydrogen) atoms. The molecule has 0 bridgehead atoms. The maximum atomic E-state index is 12.8. The number of thioether (sulfide) groups is 1. The van der Waals surface area contributed by atoms with Gasteiger partial charge in [-0.15, -0.1) is 11.8 Å². The Kier molecular flexibility index (Phi) is 4.13. The van der Waals surface area contributed by atoms with Gasteiger partial charge in [0.15, 0.2) is 0 Å². The van der Waals surface area contributed by atoms with Gasteiger partial charge in [-0.25, -0.2) is 4.90 Å². The molecule has 0 aliphatic carbocycles.